The Kier molecular flexibility index (Phi) is 2.91. The molecule has 0 N–H and O–H groups in total. The summed E-state index contributed by atoms with van der Waals surface area (Å²) in [6, 6.07) is 8.34. The van der Waals surface area contributed by atoms with Gasteiger partial charge in [-0.15, -0.1) is 0 Å². The first-order valence-corrected chi connectivity index (χ1v) is 6.51. The summed E-state index contributed by atoms with van der Waals surface area (Å²) in [5.41, 5.74) is 2.52. The first kappa shape index (κ1) is 11.5. The quantitative estimate of drug-likeness (QED) is 0.855. The van der Waals surface area contributed by atoms with Gasteiger partial charge in [0.2, 0.25) is 11.8 Å². The number of methoxy groups -OCH3 is 1. The molecule has 2 heterocycles. The van der Waals surface area contributed by atoms with Gasteiger partial charge in [0.25, 0.3) is 0 Å². The lowest BCUT2D eigenvalue weighted by molar-refractivity contribution is 0.394. The summed E-state index contributed by atoms with van der Waals surface area (Å²) in [7, 11) is 1.61. The topological polar surface area (TPSA) is 38.2 Å². The summed E-state index contributed by atoms with van der Waals surface area (Å²) in [6.45, 7) is 0.907. The molecule has 1 aliphatic heterocycles. The fraction of sp³-hybridized carbons (Fsp3) is 0.231. The molecular formula is C13H12BrN3O. The molecule has 0 atom stereocenters. The number of rotatable bonds is 2. The van der Waals surface area contributed by atoms with Crippen LogP contribution in [0.25, 0.3) is 0 Å². The Labute approximate surface area is 114 Å². The summed E-state index contributed by atoms with van der Waals surface area (Å²) in [5.74, 6) is 1.24. The summed E-state index contributed by atoms with van der Waals surface area (Å²) >= 11 is 3.36. The van der Waals surface area contributed by atoms with Gasteiger partial charge in [-0.25, -0.2) is 4.98 Å². The van der Waals surface area contributed by atoms with E-state index >= 15 is 0 Å². The third kappa shape index (κ3) is 1.84. The van der Waals surface area contributed by atoms with Crippen LogP contribution in [0.2, 0.25) is 0 Å². The molecule has 0 amide bonds. The standard InChI is InChI=1S/C13H12BrN3O/c1-18-12-10(14)8-15-13(16-12)17-7-6-9-4-2-3-5-11(9)17/h2-5,8H,6-7H2,1H3. The molecule has 0 spiro atoms. The minimum atomic E-state index is 0.560. The molecule has 0 saturated carbocycles. The number of nitrogens with zero attached hydrogens (tertiary/aromatic N) is 3. The largest absolute Gasteiger partial charge is 0.480 e. The van der Waals surface area contributed by atoms with Crippen molar-refractivity contribution in [2.45, 2.75) is 6.42 Å². The van der Waals surface area contributed by atoms with E-state index < -0.39 is 0 Å². The van der Waals surface area contributed by atoms with Crippen molar-refractivity contribution in [2.24, 2.45) is 0 Å². The van der Waals surface area contributed by atoms with Gasteiger partial charge in [0.15, 0.2) is 0 Å². The molecule has 1 aromatic carbocycles. The second-order valence-corrected chi connectivity index (χ2v) is 4.91. The third-order valence-corrected chi connectivity index (χ3v) is 3.57. The van der Waals surface area contributed by atoms with Crippen molar-refractivity contribution < 1.29 is 4.74 Å². The Morgan fingerprint density at radius 3 is 3.00 bits per heavy atom. The monoisotopic (exact) mass is 305 g/mol. The van der Waals surface area contributed by atoms with E-state index in [1.54, 1.807) is 13.3 Å². The van der Waals surface area contributed by atoms with Gasteiger partial charge in [-0.3, -0.25) is 0 Å². The molecule has 1 aromatic heterocycles. The zero-order valence-electron chi connectivity index (χ0n) is 9.93. The van der Waals surface area contributed by atoms with Crippen LogP contribution >= 0.6 is 15.9 Å². The van der Waals surface area contributed by atoms with Crippen molar-refractivity contribution in [3.05, 3.63) is 40.5 Å². The van der Waals surface area contributed by atoms with E-state index in [9.17, 15) is 0 Å². The lowest BCUT2D eigenvalue weighted by Gasteiger charge is -2.17. The van der Waals surface area contributed by atoms with E-state index in [0.29, 0.717) is 11.8 Å². The smallest absolute Gasteiger partial charge is 0.233 e. The van der Waals surface area contributed by atoms with Crippen molar-refractivity contribution >= 4 is 27.6 Å². The van der Waals surface area contributed by atoms with Crippen LogP contribution in [-0.4, -0.2) is 23.6 Å². The normalized spacial score (nSPS) is 13.6. The van der Waals surface area contributed by atoms with Crippen LogP contribution in [0.5, 0.6) is 5.88 Å². The highest BCUT2D eigenvalue weighted by Gasteiger charge is 2.22. The van der Waals surface area contributed by atoms with Gasteiger partial charge in [0.1, 0.15) is 0 Å². The lowest BCUT2D eigenvalue weighted by atomic mass is 10.2. The maximum Gasteiger partial charge on any atom is 0.233 e. The Hall–Kier alpha value is -1.62. The summed E-state index contributed by atoms with van der Waals surface area (Å²) in [4.78, 5) is 10.9. The first-order valence-electron chi connectivity index (χ1n) is 5.71. The van der Waals surface area contributed by atoms with Crippen LogP contribution in [-0.2, 0) is 6.42 Å². The van der Waals surface area contributed by atoms with Crippen LogP contribution in [0.1, 0.15) is 5.56 Å². The molecule has 2 aromatic rings. The highest BCUT2D eigenvalue weighted by atomic mass is 79.9. The maximum absolute atomic E-state index is 5.21. The molecule has 0 fully saturated rings. The second kappa shape index (κ2) is 4.57. The first-order chi connectivity index (χ1) is 8.79. The average Bonchev–Trinajstić information content (AvgIpc) is 2.83. The molecular weight excluding hydrogens is 294 g/mol. The molecule has 3 rings (SSSR count). The van der Waals surface area contributed by atoms with Crippen LogP contribution in [0, 0.1) is 0 Å². The van der Waals surface area contributed by atoms with E-state index in [1.165, 1.54) is 11.3 Å². The average molecular weight is 306 g/mol. The zero-order valence-corrected chi connectivity index (χ0v) is 11.5. The molecule has 0 unspecified atom stereocenters. The summed E-state index contributed by atoms with van der Waals surface area (Å²) < 4.78 is 5.97. The maximum atomic E-state index is 5.21. The molecule has 0 radical (unpaired) electrons. The van der Waals surface area contributed by atoms with E-state index in [1.807, 2.05) is 6.07 Å². The number of fused-ring (bicyclic) bond motifs is 1. The number of hydrogen-bond acceptors (Lipinski definition) is 4. The molecule has 1 aliphatic rings. The van der Waals surface area contributed by atoms with Crippen molar-refractivity contribution in [3.8, 4) is 5.88 Å². The molecule has 0 bridgehead atoms. The van der Waals surface area contributed by atoms with E-state index in [0.717, 1.165) is 17.4 Å². The third-order valence-electron chi connectivity index (χ3n) is 3.02. The summed E-state index contributed by atoms with van der Waals surface area (Å²) in [5, 5.41) is 0. The van der Waals surface area contributed by atoms with Crippen molar-refractivity contribution in [1.82, 2.24) is 9.97 Å². The number of aromatic nitrogens is 2. The van der Waals surface area contributed by atoms with Gasteiger partial charge in [0.05, 0.1) is 17.8 Å². The Morgan fingerprint density at radius 1 is 1.33 bits per heavy atom. The van der Waals surface area contributed by atoms with Crippen LogP contribution in [0.15, 0.2) is 34.9 Å². The van der Waals surface area contributed by atoms with E-state index in [-0.39, 0.29) is 0 Å². The molecule has 5 heteroatoms. The molecule has 18 heavy (non-hydrogen) atoms. The number of para-hydroxylation sites is 1. The molecule has 0 aliphatic carbocycles. The van der Waals surface area contributed by atoms with Gasteiger partial charge in [-0.05, 0) is 34.0 Å². The Bertz CT molecular complexity index is 588. The number of hydrogen-bond donors (Lipinski definition) is 0. The molecule has 4 nitrogen and oxygen atoms in total. The van der Waals surface area contributed by atoms with Crippen LogP contribution < -0.4 is 9.64 Å². The van der Waals surface area contributed by atoms with Gasteiger partial charge in [0, 0.05) is 12.2 Å². The number of anilines is 2. The number of halogens is 1. The van der Waals surface area contributed by atoms with Gasteiger partial charge in [-0.2, -0.15) is 4.98 Å². The van der Waals surface area contributed by atoms with Crippen molar-refractivity contribution in [1.29, 1.82) is 0 Å². The van der Waals surface area contributed by atoms with Gasteiger partial charge in [-0.1, -0.05) is 18.2 Å². The number of ether oxygens (including phenoxy) is 1. The van der Waals surface area contributed by atoms with Crippen molar-refractivity contribution in [3.63, 3.8) is 0 Å². The highest BCUT2D eigenvalue weighted by Crippen LogP contribution is 2.33. The predicted molar refractivity (Wildman–Crippen MR) is 73.4 cm³/mol. The van der Waals surface area contributed by atoms with E-state index in [4.69, 9.17) is 4.74 Å². The predicted octanol–water partition coefficient (Wildman–Crippen LogP) is 2.94. The fourth-order valence-electron chi connectivity index (χ4n) is 2.16. The highest BCUT2D eigenvalue weighted by molar-refractivity contribution is 9.10. The minimum absolute atomic E-state index is 0.560. The van der Waals surface area contributed by atoms with E-state index in [2.05, 4.69) is 49.0 Å². The molecule has 92 valence electrons. The van der Waals surface area contributed by atoms with Crippen molar-refractivity contribution in [2.75, 3.05) is 18.6 Å². The zero-order chi connectivity index (χ0) is 12.5. The Morgan fingerprint density at radius 2 is 2.17 bits per heavy atom. The van der Waals surface area contributed by atoms with Crippen LogP contribution in [0.4, 0.5) is 11.6 Å². The lowest BCUT2D eigenvalue weighted by Crippen LogP contribution is -2.16. The van der Waals surface area contributed by atoms with Gasteiger partial charge >= 0.3 is 0 Å². The summed E-state index contributed by atoms with van der Waals surface area (Å²) in [6.07, 6.45) is 2.75. The number of benzene rings is 1. The SMILES string of the molecule is COc1nc(N2CCc3ccccc32)ncc1Br. The minimum Gasteiger partial charge on any atom is -0.480 e. The second-order valence-electron chi connectivity index (χ2n) is 4.06. The van der Waals surface area contributed by atoms with Gasteiger partial charge < -0.3 is 9.64 Å². The fourth-order valence-corrected chi connectivity index (χ4v) is 2.51. The van der Waals surface area contributed by atoms with Crippen LogP contribution in [0.3, 0.4) is 0 Å². The Balaban J connectivity index is 2.02. The molecule has 0 saturated heterocycles.